The van der Waals surface area contributed by atoms with Crippen LogP contribution in [0.1, 0.15) is 43.7 Å². The summed E-state index contributed by atoms with van der Waals surface area (Å²) in [5, 5.41) is 8.98. The van der Waals surface area contributed by atoms with Gasteiger partial charge in [-0.1, -0.05) is 25.1 Å². The molecule has 1 aromatic carbocycles. The topological polar surface area (TPSA) is 43.8 Å². The average molecular weight is 386 g/mol. The fourth-order valence-electron chi connectivity index (χ4n) is 3.75. The molecule has 1 fully saturated rings. The molecule has 0 radical (unpaired) electrons. The number of aryl methyl sites for hydroxylation is 1. The van der Waals surface area contributed by atoms with Gasteiger partial charge in [0.2, 0.25) is 0 Å². The van der Waals surface area contributed by atoms with Gasteiger partial charge in [0.15, 0.2) is 0 Å². The van der Waals surface area contributed by atoms with Crippen LogP contribution in [0.15, 0.2) is 24.3 Å². The van der Waals surface area contributed by atoms with Crippen molar-refractivity contribution < 1.29 is 23.1 Å². The van der Waals surface area contributed by atoms with Crippen LogP contribution in [-0.4, -0.2) is 59.6 Å². The molecule has 0 bridgehead atoms. The van der Waals surface area contributed by atoms with Crippen molar-refractivity contribution in [2.24, 2.45) is 0 Å². The summed E-state index contributed by atoms with van der Waals surface area (Å²) < 4.78 is 38.2. The normalized spacial score (nSPS) is 16.8. The number of halogens is 3. The molecule has 2 rings (SSSR count). The Labute approximate surface area is 159 Å². The first kappa shape index (κ1) is 21.7. The molecule has 0 saturated carbocycles. The number of alkyl halides is 3. The lowest BCUT2D eigenvalue weighted by Crippen LogP contribution is -2.46. The van der Waals surface area contributed by atoms with Gasteiger partial charge in [0.25, 0.3) is 0 Å². The van der Waals surface area contributed by atoms with E-state index < -0.39 is 17.7 Å². The lowest BCUT2D eigenvalue weighted by Gasteiger charge is -2.37. The van der Waals surface area contributed by atoms with Crippen molar-refractivity contribution >= 4 is 5.97 Å². The summed E-state index contributed by atoms with van der Waals surface area (Å²) >= 11 is 0. The Morgan fingerprint density at radius 2 is 1.96 bits per heavy atom. The highest BCUT2D eigenvalue weighted by atomic mass is 19.4. The minimum absolute atomic E-state index is 0.0954. The third-order valence-electron chi connectivity index (χ3n) is 5.26. The molecule has 1 saturated heterocycles. The second-order valence-electron chi connectivity index (χ2n) is 7.18. The van der Waals surface area contributed by atoms with Crippen molar-refractivity contribution in [2.75, 3.05) is 32.7 Å². The number of hydrogen-bond acceptors (Lipinski definition) is 3. The number of benzene rings is 1. The van der Waals surface area contributed by atoms with E-state index in [9.17, 15) is 18.0 Å². The minimum atomic E-state index is -4.28. The quantitative estimate of drug-likeness (QED) is 0.654. The van der Waals surface area contributed by atoms with Gasteiger partial charge in [0.1, 0.15) is 0 Å². The van der Waals surface area contributed by atoms with Crippen LogP contribution in [0, 0.1) is 0 Å². The molecular weight excluding hydrogens is 357 g/mol. The number of unbranched alkanes of at least 4 members (excludes halogenated alkanes) is 1. The fourth-order valence-corrected chi connectivity index (χ4v) is 3.75. The van der Waals surface area contributed by atoms with E-state index in [2.05, 4.69) is 4.90 Å². The Kier molecular flexibility index (Phi) is 8.10. The molecule has 0 unspecified atom stereocenters. The van der Waals surface area contributed by atoms with Gasteiger partial charge in [-0.15, -0.1) is 0 Å². The standard InChI is InChI=1S/C20H29F3N2O2/c1-2-25(15-19(26)27)18-9-12-24(13-10-18)11-4-3-6-16-7-5-8-17(14-16)20(21,22)23/h5,7-8,14,18H,2-4,6,9-13,15H2,1H3,(H,26,27). The van der Waals surface area contributed by atoms with E-state index in [0.29, 0.717) is 12.5 Å². The lowest BCUT2D eigenvalue weighted by atomic mass is 10.0. The fraction of sp³-hybridized carbons (Fsp3) is 0.650. The maximum Gasteiger partial charge on any atom is 0.416 e. The summed E-state index contributed by atoms with van der Waals surface area (Å²) in [6.07, 6.45) is 0.119. The number of carboxylic acid groups (broad SMARTS) is 1. The van der Waals surface area contributed by atoms with Crippen LogP contribution in [-0.2, 0) is 17.4 Å². The SMILES string of the molecule is CCN(CC(=O)O)C1CCN(CCCCc2cccc(C(F)(F)F)c2)CC1. The maximum atomic E-state index is 12.7. The third kappa shape index (κ3) is 7.14. The number of likely N-dealkylation sites (N-methyl/N-ethyl adjacent to an activating group) is 1. The molecule has 152 valence electrons. The molecule has 0 aromatic heterocycles. The van der Waals surface area contributed by atoms with Gasteiger partial charge < -0.3 is 10.0 Å². The molecule has 1 aliphatic rings. The van der Waals surface area contributed by atoms with Crippen LogP contribution >= 0.6 is 0 Å². The van der Waals surface area contributed by atoms with Gasteiger partial charge in [-0.25, -0.2) is 0 Å². The van der Waals surface area contributed by atoms with Crippen LogP contribution in [0.4, 0.5) is 13.2 Å². The van der Waals surface area contributed by atoms with Crippen molar-refractivity contribution in [3.8, 4) is 0 Å². The molecule has 27 heavy (non-hydrogen) atoms. The Morgan fingerprint density at radius 1 is 1.26 bits per heavy atom. The number of hydrogen-bond donors (Lipinski definition) is 1. The maximum absolute atomic E-state index is 12.7. The summed E-state index contributed by atoms with van der Waals surface area (Å²) in [6, 6.07) is 5.90. The van der Waals surface area contributed by atoms with E-state index in [0.717, 1.165) is 63.5 Å². The van der Waals surface area contributed by atoms with Crippen molar-refractivity contribution in [1.29, 1.82) is 0 Å². The Hall–Kier alpha value is -1.60. The highest BCUT2D eigenvalue weighted by Gasteiger charge is 2.30. The predicted molar refractivity (Wildman–Crippen MR) is 98.7 cm³/mol. The van der Waals surface area contributed by atoms with Crippen LogP contribution in [0.3, 0.4) is 0 Å². The van der Waals surface area contributed by atoms with Crippen LogP contribution in [0.25, 0.3) is 0 Å². The summed E-state index contributed by atoms with van der Waals surface area (Å²) in [6.45, 7) is 5.67. The zero-order valence-corrected chi connectivity index (χ0v) is 15.8. The van der Waals surface area contributed by atoms with Crippen molar-refractivity contribution in [3.05, 3.63) is 35.4 Å². The molecule has 0 amide bonds. The molecule has 7 heteroatoms. The molecule has 0 aliphatic carbocycles. The Bertz CT molecular complexity index is 599. The first-order chi connectivity index (χ1) is 12.8. The van der Waals surface area contributed by atoms with Crippen molar-refractivity contribution in [2.45, 2.75) is 51.2 Å². The Morgan fingerprint density at radius 3 is 2.56 bits per heavy atom. The van der Waals surface area contributed by atoms with E-state index >= 15 is 0 Å². The molecular formula is C20H29F3N2O2. The van der Waals surface area contributed by atoms with Crippen LogP contribution in [0.2, 0.25) is 0 Å². The summed E-state index contributed by atoms with van der Waals surface area (Å²) in [7, 11) is 0. The highest BCUT2D eigenvalue weighted by Crippen LogP contribution is 2.29. The smallest absolute Gasteiger partial charge is 0.416 e. The second kappa shape index (κ2) is 10.1. The molecule has 1 heterocycles. The van der Waals surface area contributed by atoms with Gasteiger partial charge in [0, 0.05) is 6.04 Å². The number of carbonyl (C=O) groups is 1. The molecule has 0 spiro atoms. The summed E-state index contributed by atoms with van der Waals surface area (Å²) in [4.78, 5) is 15.3. The first-order valence-electron chi connectivity index (χ1n) is 9.64. The van der Waals surface area contributed by atoms with Crippen LogP contribution < -0.4 is 0 Å². The monoisotopic (exact) mass is 386 g/mol. The van der Waals surface area contributed by atoms with Gasteiger partial charge in [0.05, 0.1) is 12.1 Å². The van der Waals surface area contributed by atoms with Gasteiger partial charge in [-0.05, 0) is 69.9 Å². The highest BCUT2D eigenvalue weighted by molar-refractivity contribution is 5.69. The van der Waals surface area contributed by atoms with Gasteiger partial charge in [-0.3, -0.25) is 9.69 Å². The number of aliphatic carboxylic acids is 1. The summed E-state index contributed by atoms with van der Waals surface area (Å²) in [5.41, 5.74) is 0.153. The molecule has 1 aliphatic heterocycles. The van der Waals surface area contributed by atoms with E-state index in [4.69, 9.17) is 5.11 Å². The van der Waals surface area contributed by atoms with Gasteiger partial charge >= 0.3 is 12.1 Å². The van der Waals surface area contributed by atoms with Gasteiger partial charge in [-0.2, -0.15) is 13.2 Å². The molecule has 0 atom stereocenters. The number of nitrogens with zero attached hydrogens (tertiary/aromatic N) is 2. The average Bonchev–Trinajstić information content (AvgIpc) is 2.63. The third-order valence-corrected chi connectivity index (χ3v) is 5.26. The van der Waals surface area contributed by atoms with Crippen LogP contribution in [0.5, 0.6) is 0 Å². The first-order valence-corrected chi connectivity index (χ1v) is 9.64. The molecule has 1 aromatic rings. The molecule has 4 nitrogen and oxygen atoms in total. The predicted octanol–water partition coefficient (Wildman–Crippen LogP) is 3.90. The number of carboxylic acids is 1. The largest absolute Gasteiger partial charge is 0.480 e. The minimum Gasteiger partial charge on any atom is -0.480 e. The Balaban J connectivity index is 1.68. The number of likely N-dealkylation sites (tertiary alicyclic amines) is 1. The van der Waals surface area contributed by atoms with Crippen molar-refractivity contribution in [3.63, 3.8) is 0 Å². The second-order valence-corrected chi connectivity index (χ2v) is 7.18. The molecule has 1 N–H and O–H groups in total. The zero-order valence-electron chi connectivity index (χ0n) is 15.8. The van der Waals surface area contributed by atoms with E-state index in [1.54, 1.807) is 6.07 Å². The zero-order chi connectivity index (χ0) is 19.9. The van der Waals surface area contributed by atoms with E-state index in [1.165, 1.54) is 12.1 Å². The van der Waals surface area contributed by atoms with E-state index in [-0.39, 0.29) is 6.54 Å². The van der Waals surface area contributed by atoms with Crippen molar-refractivity contribution in [1.82, 2.24) is 9.80 Å². The number of piperidine rings is 1. The lowest BCUT2D eigenvalue weighted by molar-refractivity contribution is -0.139. The number of rotatable bonds is 9. The van der Waals surface area contributed by atoms with E-state index in [1.807, 2.05) is 11.8 Å². The summed E-state index contributed by atoms with van der Waals surface area (Å²) in [5.74, 6) is -0.783.